The number of hydrogen-bond donors (Lipinski definition) is 2. The lowest BCUT2D eigenvalue weighted by atomic mass is 10.1. The molecule has 2 N–H and O–H groups in total. The quantitative estimate of drug-likeness (QED) is 0.314. The Labute approximate surface area is 223 Å². The molecular formula is C25H22ClN5O6S. The third kappa shape index (κ3) is 5.50. The molecule has 13 heteroatoms. The van der Waals surface area contributed by atoms with Crippen LogP contribution in [0.2, 0.25) is 0 Å². The summed E-state index contributed by atoms with van der Waals surface area (Å²) >= 11 is 6.21. The second kappa shape index (κ2) is 10.6. The van der Waals surface area contributed by atoms with Gasteiger partial charge in [0.25, 0.3) is 21.8 Å². The molecule has 3 aromatic rings. The number of sulfonamides is 1. The van der Waals surface area contributed by atoms with Gasteiger partial charge in [-0.2, -0.15) is 0 Å². The lowest BCUT2D eigenvalue weighted by Crippen LogP contribution is -2.33. The molecule has 0 bridgehead atoms. The monoisotopic (exact) mass is 555 g/mol. The van der Waals surface area contributed by atoms with Crippen molar-refractivity contribution in [3.63, 3.8) is 0 Å². The summed E-state index contributed by atoms with van der Waals surface area (Å²) in [4.78, 5) is 47.3. The molecule has 0 fully saturated rings. The molecule has 0 radical (unpaired) electrons. The van der Waals surface area contributed by atoms with Gasteiger partial charge in [0.2, 0.25) is 5.95 Å². The van der Waals surface area contributed by atoms with E-state index < -0.39 is 38.9 Å². The van der Waals surface area contributed by atoms with Crippen molar-refractivity contribution >= 4 is 56.7 Å². The van der Waals surface area contributed by atoms with Crippen molar-refractivity contribution in [2.24, 2.45) is 0 Å². The molecule has 0 saturated heterocycles. The lowest BCUT2D eigenvalue weighted by molar-refractivity contribution is -0.120. The van der Waals surface area contributed by atoms with Crippen LogP contribution in [0.1, 0.15) is 29.9 Å². The zero-order valence-corrected chi connectivity index (χ0v) is 22.0. The number of ether oxygens (including phenoxy) is 1. The fourth-order valence-corrected chi connectivity index (χ4v) is 4.65. The number of carbonyl (C=O) groups excluding carboxylic acids is 3. The maximum absolute atomic E-state index is 13.2. The Morgan fingerprint density at radius 2 is 1.71 bits per heavy atom. The summed E-state index contributed by atoms with van der Waals surface area (Å²) < 4.78 is 32.9. The van der Waals surface area contributed by atoms with Crippen molar-refractivity contribution < 1.29 is 27.5 Å². The van der Waals surface area contributed by atoms with Crippen LogP contribution in [0.3, 0.4) is 0 Å². The molecule has 4 rings (SSSR count). The normalized spacial score (nSPS) is 13.8. The third-order valence-corrected chi connectivity index (χ3v) is 6.88. The van der Waals surface area contributed by atoms with E-state index in [1.165, 1.54) is 42.6 Å². The van der Waals surface area contributed by atoms with Gasteiger partial charge in [0.15, 0.2) is 0 Å². The van der Waals surface area contributed by atoms with Crippen LogP contribution in [0.15, 0.2) is 76.4 Å². The third-order valence-electron chi connectivity index (χ3n) is 5.19. The van der Waals surface area contributed by atoms with Gasteiger partial charge in [-0.15, -0.1) is 0 Å². The summed E-state index contributed by atoms with van der Waals surface area (Å²) in [5.74, 6) is -2.39. The molecule has 0 spiro atoms. The minimum absolute atomic E-state index is 0.0215. The summed E-state index contributed by atoms with van der Waals surface area (Å²) in [6.07, 6.45) is 1.02. The summed E-state index contributed by atoms with van der Waals surface area (Å²) in [5, 5.41) is 2.38. The van der Waals surface area contributed by atoms with E-state index in [2.05, 4.69) is 20.0 Å². The molecule has 1 aliphatic rings. The number of anilines is 3. The van der Waals surface area contributed by atoms with Crippen LogP contribution in [0.5, 0.6) is 0 Å². The van der Waals surface area contributed by atoms with Crippen molar-refractivity contribution in [1.82, 2.24) is 9.97 Å². The first kappa shape index (κ1) is 26.8. The number of nitrogens with zero attached hydrogens (tertiary/aromatic N) is 3. The highest BCUT2D eigenvalue weighted by Crippen LogP contribution is 2.32. The molecule has 196 valence electrons. The van der Waals surface area contributed by atoms with Crippen LogP contribution >= 0.6 is 11.6 Å². The average Bonchev–Trinajstić information content (AvgIpc) is 3.06. The number of rotatable bonds is 8. The first-order valence-corrected chi connectivity index (χ1v) is 13.1. The molecule has 0 saturated carbocycles. The Morgan fingerprint density at radius 1 is 1.03 bits per heavy atom. The van der Waals surface area contributed by atoms with Crippen molar-refractivity contribution in [2.75, 3.05) is 14.9 Å². The minimum atomic E-state index is -3.98. The van der Waals surface area contributed by atoms with Gasteiger partial charge < -0.3 is 10.1 Å². The van der Waals surface area contributed by atoms with Crippen LogP contribution in [0.4, 0.5) is 17.3 Å². The second-order valence-electron chi connectivity index (χ2n) is 8.38. The number of aryl methyl sites for hydroxylation is 1. The Bertz CT molecular complexity index is 1570. The lowest BCUT2D eigenvalue weighted by Gasteiger charge is -2.19. The van der Waals surface area contributed by atoms with E-state index in [0.717, 1.165) is 4.90 Å². The van der Waals surface area contributed by atoms with Gasteiger partial charge in [-0.05, 0) is 63.2 Å². The van der Waals surface area contributed by atoms with E-state index in [9.17, 15) is 22.8 Å². The first-order chi connectivity index (χ1) is 18.0. The van der Waals surface area contributed by atoms with E-state index in [1.54, 1.807) is 39.0 Å². The largest absolute Gasteiger partial charge is 0.459 e. The molecule has 1 aromatic heterocycles. The predicted octanol–water partition coefficient (Wildman–Crippen LogP) is 3.59. The molecule has 0 atom stereocenters. The number of esters is 1. The van der Waals surface area contributed by atoms with Crippen molar-refractivity contribution in [3.05, 3.63) is 82.8 Å². The van der Waals surface area contributed by atoms with Gasteiger partial charge in [-0.25, -0.2) is 32.8 Å². The number of halogens is 1. The number of carbonyl (C=O) groups is 3. The topological polar surface area (TPSA) is 148 Å². The fraction of sp³-hybridized carbons (Fsp3) is 0.160. The van der Waals surface area contributed by atoms with Gasteiger partial charge in [0.05, 0.1) is 22.3 Å². The van der Waals surface area contributed by atoms with Crippen molar-refractivity contribution in [2.45, 2.75) is 31.8 Å². The van der Waals surface area contributed by atoms with Crippen molar-refractivity contribution in [1.29, 1.82) is 0 Å². The maximum Gasteiger partial charge on any atom is 0.340 e. The number of benzene rings is 2. The van der Waals surface area contributed by atoms with E-state index in [4.69, 9.17) is 16.3 Å². The number of imide groups is 1. The van der Waals surface area contributed by atoms with Crippen LogP contribution in [-0.2, 0) is 24.3 Å². The second-order valence-corrected chi connectivity index (χ2v) is 10.4. The van der Waals surface area contributed by atoms with Gasteiger partial charge in [-0.1, -0.05) is 23.7 Å². The number of amides is 2. The zero-order chi connectivity index (χ0) is 27.6. The SMILES string of the molecule is Cc1ccnc(NS(=O)(=O)c2ccc(NC3=C(Cl)C(=O)N(c4ccccc4C(=O)OC(C)C)C3=O)cc2)n1. The molecular weight excluding hydrogens is 534 g/mol. The Hall–Kier alpha value is -4.29. The first-order valence-electron chi connectivity index (χ1n) is 11.3. The van der Waals surface area contributed by atoms with Gasteiger partial charge in [0, 0.05) is 17.6 Å². The number of nitrogens with one attached hydrogen (secondary N) is 2. The maximum atomic E-state index is 13.2. The molecule has 2 amide bonds. The van der Waals surface area contributed by atoms with Crippen LogP contribution < -0.4 is 14.9 Å². The van der Waals surface area contributed by atoms with E-state index in [1.807, 2.05) is 0 Å². The van der Waals surface area contributed by atoms with E-state index >= 15 is 0 Å². The Balaban J connectivity index is 1.55. The molecule has 1 aliphatic heterocycles. The van der Waals surface area contributed by atoms with Crippen LogP contribution in [0.25, 0.3) is 0 Å². The van der Waals surface area contributed by atoms with Gasteiger partial charge in [-0.3, -0.25) is 9.59 Å². The Morgan fingerprint density at radius 3 is 2.37 bits per heavy atom. The molecule has 38 heavy (non-hydrogen) atoms. The molecule has 2 aromatic carbocycles. The zero-order valence-electron chi connectivity index (χ0n) is 20.4. The number of aromatic nitrogens is 2. The summed E-state index contributed by atoms with van der Waals surface area (Å²) in [5.41, 5.74) is 0.693. The summed E-state index contributed by atoms with van der Waals surface area (Å²) in [7, 11) is -3.98. The smallest absolute Gasteiger partial charge is 0.340 e. The van der Waals surface area contributed by atoms with Crippen LogP contribution in [-0.4, -0.2) is 42.3 Å². The summed E-state index contributed by atoms with van der Waals surface area (Å²) in [6.45, 7) is 5.05. The van der Waals surface area contributed by atoms with Crippen molar-refractivity contribution in [3.8, 4) is 0 Å². The number of para-hydroxylation sites is 1. The molecule has 0 unspecified atom stereocenters. The number of hydrogen-bond acceptors (Lipinski definition) is 9. The van der Waals surface area contributed by atoms with E-state index in [0.29, 0.717) is 11.4 Å². The summed E-state index contributed by atoms with van der Waals surface area (Å²) in [6, 6.07) is 13.0. The standard InChI is InChI=1S/C25H22ClN5O6S/c1-14(2)37-24(34)18-6-4-5-7-19(18)31-22(32)20(26)21(23(31)33)29-16-8-10-17(11-9-16)38(35,36)30-25-27-13-12-15(3)28-25/h4-14,29H,1-3H3,(H,27,28,30). The minimum Gasteiger partial charge on any atom is -0.459 e. The van der Waals surface area contributed by atoms with Crippen LogP contribution in [0, 0.1) is 6.92 Å². The molecule has 0 aliphatic carbocycles. The highest BCUT2D eigenvalue weighted by Gasteiger charge is 2.40. The van der Waals surface area contributed by atoms with Gasteiger partial charge in [0.1, 0.15) is 10.7 Å². The highest BCUT2D eigenvalue weighted by atomic mass is 35.5. The van der Waals surface area contributed by atoms with E-state index in [-0.39, 0.29) is 27.8 Å². The van der Waals surface area contributed by atoms with Gasteiger partial charge >= 0.3 is 5.97 Å². The molecule has 11 nitrogen and oxygen atoms in total. The molecule has 2 heterocycles. The highest BCUT2D eigenvalue weighted by molar-refractivity contribution is 7.92. The average molecular weight is 556 g/mol. The fourth-order valence-electron chi connectivity index (χ4n) is 3.49. The predicted molar refractivity (Wildman–Crippen MR) is 140 cm³/mol. The Kier molecular flexibility index (Phi) is 7.46.